The third-order valence-electron chi connectivity index (χ3n) is 2.32. The molecule has 0 bridgehead atoms. The van der Waals surface area contributed by atoms with Crippen LogP contribution in [0.4, 0.5) is 0 Å². The number of nitrogens with one attached hydrogen (secondary N) is 1. The van der Waals surface area contributed by atoms with Crippen molar-refractivity contribution >= 4 is 11.8 Å². The van der Waals surface area contributed by atoms with Crippen molar-refractivity contribution in [1.82, 2.24) is 10.6 Å². The van der Waals surface area contributed by atoms with Crippen molar-refractivity contribution < 1.29 is 29.4 Å². The summed E-state index contributed by atoms with van der Waals surface area (Å²) >= 11 is 0. The molecule has 0 aliphatic rings. The molecule has 1 rings (SSSR count). The molecule has 0 spiro atoms. The number of carbonyl (C=O) groups excluding carboxylic acids is 1. The van der Waals surface area contributed by atoms with Gasteiger partial charge in [0, 0.05) is 6.07 Å². The molecule has 1 aromatic rings. The molecule has 0 aliphatic heterocycles. The van der Waals surface area contributed by atoms with Crippen molar-refractivity contribution in [3.05, 3.63) is 18.0 Å². The van der Waals surface area contributed by atoms with Crippen molar-refractivity contribution in [2.24, 2.45) is 5.84 Å². The molecule has 1 aromatic heterocycles. The number of hydrazine groups is 1. The maximum atomic E-state index is 11.8. The van der Waals surface area contributed by atoms with Gasteiger partial charge in [-0.2, -0.15) is 0 Å². The standard InChI is InChI=1S/C8H11N3O6/c1-7(15,6(13)14)8(16,11-9)5(12)4-2-3-10-17-4/h2-3,11,15-16H,9H2,1H3,(H,13,14). The molecule has 9 nitrogen and oxygen atoms in total. The summed E-state index contributed by atoms with van der Waals surface area (Å²) < 4.78 is 4.46. The van der Waals surface area contributed by atoms with Crippen LogP contribution in [0, 0.1) is 0 Å². The Kier molecular flexibility index (Phi) is 3.29. The number of carbonyl (C=O) groups is 2. The topological polar surface area (TPSA) is 159 Å². The fraction of sp³-hybridized carbons (Fsp3) is 0.375. The monoisotopic (exact) mass is 245 g/mol. The molecule has 17 heavy (non-hydrogen) atoms. The molecule has 2 unspecified atom stereocenters. The van der Waals surface area contributed by atoms with Crippen LogP contribution in [-0.4, -0.2) is 43.6 Å². The molecular weight excluding hydrogens is 234 g/mol. The van der Waals surface area contributed by atoms with Crippen LogP contribution in [0.2, 0.25) is 0 Å². The summed E-state index contributed by atoms with van der Waals surface area (Å²) in [5.74, 6) is 1.38. The fourth-order valence-corrected chi connectivity index (χ4v) is 1.09. The second kappa shape index (κ2) is 4.22. The maximum Gasteiger partial charge on any atom is 0.340 e. The summed E-state index contributed by atoms with van der Waals surface area (Å²) in [4.78, 5) is 22.6. The van der Waals surface area contributed by atoms with E-state index in [4.69, 9.17) is 10.9 Å². The first-order valence-electron chi connectivity index (χ1n) is 4.38. The van der Waals surface area contributed by atoms with E-state index >= 15 is 0 Å². The number of aromatic nitrogens is 1. The van der Waals surface area contributed by atoms with Crippen LogP contribution in [0.3, 0.4) is 0 Å². The Morgan fingerprint density at radius 3 is 2.47 bits per heavy atom. The Labute approximate surface area is 94.8 Å². The molecule has 2 atom stereocenters. The molecule has 1 heterocycles. The molecule has 0 aliphatic carbocycles. The summed E-state index contributed by atoms with van der Waals surface area (Å²) in [5, 5.41) is 31.4. The van der Waals surface area contributed by atoms with Gasteiger partial charge in [0.2, 0.25) is 17.1 Å². The number of nitrogens with two attached hydrogens (primary N) is 1. The lowest BCUT2D eigenvalue weighted by Crippen LogP contribution is -2.71. The Hall–Kier alpha value is -1.81. The Balaban J connectivity index is 3.22. The number of carboxylic acids is 1. The molecular formula is C8H11N3O6. The van der Waals surface area contributed by atoms with E-state index in [-0.39, 0.29) is 0 Å². The zero-order valence-electron chi connectivity index (χ0n) is 8.75. The van der Waals surface area contributed by atoms with Crippen molar-refractivity contribution in [3.63, 3.8) is 0 Å². The first-order valence-corrected chi connectivity index (χ1v) is 4.38. The highest BCUT2D eigenvalue weighted by Crippen LogP contribution is 2.23. The Morgan fingerprint density at radius 2 is 2.12 bits per heavy atom. The maximum absolute atomic E-state index is 11.8. The van der Waals surface area contributed by atoms with Crippen molar-refractivity contribution in [2.45, 2.75) is 18.2 Å². The normalized spacial score (nSPS) is 18.1. The summed E-state index contributed by atoms with van der Waals surface area (Å²) in [7, 11) is 0. The van der Waals surface area contributed by atoms with Crippen molar-refractivity contribution in [2.75, 3.05) is 0 Å². The van der Waals surface area contributed by atoms with Crippen LogP contribution in [-0.2, 0) is 4.79 Å². The number of Topliss-reactive ketones (excluding diaryl/α,β-unsaturated/α-hetero) is 1. The minimum Gasteiger partial charge on any atom is -0.479 e. The summed E-state index contributed by atoms with van der Waals surface area (Å²) in [6, 6.07) is 1.09. The average molecular weight is 245 g/mol. The van der Waals surface area contributed by atoms with Crippen molar-refractivity contribution in [1.29, 1.82) is 0 Å². The minimum absolute atomic E-state index is 0.452. The Morgan fingerprint density at radius 1 is 1.53 bits per heavy atom. The van der Waals surface area contributed by atoms with E-state index in [1.807, 2.05) is 0 Å². The predicted octanol–water partition coefficient (Wildman–Crippen LogP) is -2.16. The average Bonchev–Trinajstić information content (AvgIpc) is 2.79. The highest BCUT2D eigenvalue weighted by atomic mass is 16.5. The van der Waals surface area contributed by atoms with E-state index in [0.717, 1.165) is 12.3 Å². The smallest absolute Gasteiger partial charge is 0.340 e. The molecule has 94 valence electrons. The van der Waals surface area contributed by atoms with E-state index < -0.39 is 28.8 Å². The van der Waals surface area contributed by atoms with Crippen LogP contribution in [0.15, 0.2) is 16.8 Å². The van der Waals surface area contributed by atoms with Gasteiger partial charge in [0.05, 0.1) is 6.20 Å². The van der Waals surface area contributed by atoms with E-state index in [1.165, 1.54) is 0 Å². The number of aliphatic hydroxyl groups is 2. The molecule has 0 amide bonds. The fourth-order valence-electron chi connectivity index (χ4n) is 1.09. The van der Waals surface area contributed by atoms with Gasteiger partial charge in [0.25, 0.3) is 5.78 Å². The van der Waals surface area contributed by atoms with Gasteiger partial charge >= 0.3 is 5.97 Å². The highest BCUT2D eigenvalue weighted by Gasteiger charge is 2.58. The van der Waals surface area contributed by atoms with Gasteiger partial charge in [0.15, 0.2) is 0 Å². The summed E-state index contributed by atoms with van der Waals surface area (Å²) in [6.07, 6.45) is 1.11. The molecule has 0 radical (unpaired) electrons. The van der Waals surface area contributed by atoms with Crippen LogP contribution in [0.1, 0.15) is 17.5 Å². The van der Waals surface area contributed by atoms with E-state index in [9.17, 15) is 19.8 Å². The second-order valence-corrected chi connectivity index (χ2v) is 3.44. The van der Waals surface area contributed by atoms with Crippen LogP contribution in [0.25, 0.3) is 0 Å². The van der Waals surface area contributed by atoms with Crippen LogP contribution in [0.5, 0.6) is 0 Å². The number of carboxylic acid groups (broad SMARTS) is 1. The van der Waals surface area contributed by atoms with Crippen LogP contribution >= 0.6 is 0 Å². The zero-order chi connectivity index (χ0) is 13.3. The van der Waals surface area contributed by atoms with Gasteiger partial charge in [-0.25, -0.2) is 10.2 Å². The third kappa shape index (κ3) is 1.91. The number of nitrogens with zero attached hydrogens (tertiary/aromatic N) is 1. The lowest BCUT2D eigenvalue weighted by atomic mass is 9.88. The van der Waals surface area contributed by atoms with Gasteiger partial charge in [0.1, 0.15) is 0 Å². The third-order valence-corrected chi connectivity index (χ3v) is 2.32. The Bertz CT molecular complexity index is 428. The lowest BCUT2D eigenvalue weighted by Gasteiger charge is -2.34. The molecule has 0 aromatic carbocycles. The number of ketones is 1. The predicted molar refractivity (Wildman–Crippen MR) is 51.4 cm³/mol. The molecule has 6 N–H and O–H groups in total. The van der Waals surface area contributed by atoms with Gasteiger partial charge in [-0.1, -0.05) is 5.16 Å². The van der Waals surface area contributed by atoms with E-state index in [2.05, 4.69) is 9.68 Å². The lowest BCUT2D eigenvalue weighted by molar-refractivity contribution is -0.184. The molecule has 0 saturated heterocycles. The zero-order valence-corrected chi connectivity index (χ0v) is 8.75. The number of hydrogen-bond acceptors (Lipinski definition) is 8. The SMILES string of the molecule is CC(O)(C(=O)O)C(O)(NN)C(=O)c1ccno1. The van der Waals surface area contributed by atoms with Gasteiger partial charge in [-0.05, 0) is 6.92 Å². The quantitative estimate of drug-likeness (QED) is 0.168. The van der Waals surface area contributed by atoms with Gasteiger partial charge in [-0.3, -0.25) is 10.6 Å². The largest absolute Gasteiger partial charge is 0.479 e. The molecule has 9 heteroatoms. The highest BCUT2D eigenvalue weighted by molar-refractivity contribution is 6.04. The number of hydrogen-bond donors (Lipinski definition) is 5. The first kappa shape index (κ1) is 13.3. The minimum atomic E-state index is -2.95. The molecule has 0 saturated carbocycles. The van der Waals surface area contributed by atoms with Gasteiger partial charge in [-0.15, -0.1) is 0 Å². The first-order chi connectivity index (χ1) is 7.77. The van der Waals surface area contributed by atoms with E-state index in [0.29, 0.717) is 6.92 Å². The molecule has 0 fully saturated rings. The van der Waals surface area contributed by atoms with Crippen molar-refractivity contribution in [3.8, 4) is 0 Å². The summed E-state index contributed by atoms with van der Waals surface area (Å²) in [6.45, 7) is 0.712. The number of aliphatic carboxylic acids is 1. The second-order valence-electron chi connectivity index (χ2n) is 3.44. The summed E-state index contributed by atoms with van der Waals surface area (Å²) in [5.41, 5.74) is -4.23. The number of rotatable bonds is 5. The van der Waals surface area contributed by atoms with E-state index in [1.54, 1.807) is 5.43 Å². The van der Waals surface area contributed by atoms with Crippen LogP contribution < -0.4 is 11.3 Å². The van der Waals surface area contributed by atoms with Gasteiger partial charge < -0.3 is 19.8 Å².